The van der Waals surface area contributed by atoms with Gasteiger partial charge in [-0.25, -0.2) is 9.97 Å². The Morgan fingerprint density at radius 1 is 1.14 bits per heavy atom. The van der Waals surface area contributed by atoms with Crippen molar-refractivity contribution in [3.63, 3.8) is 0 Å². The Bertz CT molecular complexity index is 833. The van der Waals surface area contributed by atoms with Crippen molar-refractivity contribution < 1.29 is 4.74 Å². The van der Waals surface area contributed by atoms with Crippen molar-refractivity contribution in [1.29, 1.82) is 0 Å². The first-order valence-corrected chi connectivity index (χ1v) is 6.84. The average molecular weight is 300 g/mol. The zero-order chi connectivity index (χ0) is 15.0. The first kappa shape index (κ1) is 13.6. The lowest BCUT2D eigenvalue weighted by molar-refractivity contribution is 0.416. The molecule has 0 saturated carbocycles. The monoisotopic (exact) mass is 299 g/mol. The number of aromatic nitrogens is 2. The van der Waals surface area contributed by atoms with Crippen LogP contribution in [0.5, 0.6) is 5.75 Å². The number of fused-ring (bicyclic) bond motifs is 1. The Balaban J connectivity index is 2.27. The van der Waals surface area contributed by atoms with Gasteiger partial charge in [0.2, 0.25) is 0 Å². The van der Waals surface area contributed by atoms with E-state index in [-0.39, 0.29) is 0 Å². The molecule has 3 aromatic rings. The maximum absolute atomic E-state index is 6.10. The highest BCUT2D eigenvalue weighted by molar-refractivity contribution is 6.30. The second kappa shape index (κ2) is 5.22. The fraction of sp³-hybridized carbons (Fsp3) is 0.125. The molecule has 0 unspecified atom stereocenters. The van der Waals surface area contributed by atoms with Gasteiger partial charge in [-0.05, 0) is 36.8 Å². The van der Waals surface area contributed by atoms with E-state index in [0.29, 0.717) is 22.4 Å². The largest absolute Gasteiger partial charge is 0.496 e. The minimum Gasteiger partial charge on any atom is -0.496 e. The van der Waals surface area contributed by atoms with Gasteiger partial charge in [0, 0.05) is 10.4 Å². The fourth-order valence-electron chi connectivity index (χ4n) is 2.36. The molecular formula is C16H14ClN3O. The average Bonchev–Trinajstić information content (AvgIpc) is 2.46. The highest BCUT2D eigenvalue weighted by Crippen LogP contribution is 2.32. The van der Waals surface area contributed by atoms with Gasteiger partial charge in [-0.15, -0.1) is 0 Å². The number of methoxy groups -OCH3 is 1. The van der Waals surface area contributed by atoms with E-state index >= 15 is 0 Å². The third kappa shape index (κ3) is 2.38. The number of nitrogen functional groups attached to an aromatic ring is 1. The van der Waals surface area contributed by atoms with E-state index in [1.54, 1.807) is 19.2 Å². The molecule has 0 aliphatic heterocycles. The normalized spacial score (nSPS) is 10.8. The van der Waals surface area contributed by atoms with Gasteiger partial charge in [-0.1, -0.05) is 23.7 Å². The predicted octanol–water partition coefficient (Wildman–Crippen LogP) is 3.85. The van der Waals surface area contributed by atoms with Crippen LogP contribution >= 0.6 is 11.6 Å². The van der Waals surface area contributed by atoms with Gasteiger partial charge in [0.1, 0.15) is 11.6 Å². The van der Waals surface area contributed by atoms with Crippen LogP contribution in [-0.4, -0.2) is 17.1 Å². The van der Waals surface area contributed by atoms with Crippen LogP contribution in [0.1, 0.15) is 5.56 Å². The van der Waals surface area contributed by atoms with Crippen LogP contribution in [0.3, 0.4) is 0 Å². The number of hydrogen-bond acceptors (Lipinski definition) is 4. The molecule has 0 bridgehead atoms. The molecule has 0 atom stereocenters. The molecule has 0 fully saturated rings. The van der Waals surface area contributed by atoms with Gasteiger partial charge in [0.25, 0.3) is 0 Å². The summed E-state index contributed by atoms with van der Waals surface area (Å²) in [5, 5.41) is 1.48. The first-order valence-electron chi connectivity index (χ1n) is 6.47. The minimum atomic E-state index is 0.463. The molecule has 21 heavy (non-hydrogen) atoms. The van der Waals surface area contributed by atoms with Crippen LogP contribution in [0.2, 0.25) is 5.02 Å². The summed E-state index contributed by atoms with van der Waals surface area (Å²) in [5.41, 5.74) is 8.73. The van der Waals surface area contributed by atoms with E-state index in [9.17, 15) is 0 Å². The van der Waals surface area contributed by atoms with Crippen molar-refractivity contribution in [3.8, 4) is 17.1 Å². The summed E-state index contributed by atoms with van der Waals surface area (Å²) in [5.74, 6) is 1.61. The quantitative estimate of drug-likeness (QED) is 0.781. The van der Waals surface area contributed by atoms with Gasteiger partial charge in [0.15, 0.2) is 5.82 Å². The van der Waals surface area contributed by atoms with Gasteiger partial charge >= 0.3 is 0 Å². The van der Waals surface area contributed by atoms with E-state index in [4.69, 9.17) is 22.1 Å². The van der Waals surface area contributed by atoms with Crippen molar-refractivity contribution in [1.82, 2.24) is 9.97 Å². The fourth-order valence-corrected chi connectivity index (χ4v) is 2.52. The molecule has 1 aromatic heterocycles. The molecule has 2 aromatic carbocycles. The summed E-state index contributed by atoms with van der Waals surface area (Å²) in [4.78, 5) is 9.01. The summed E-state index contributed by atoms with van der Waals surface area (Å²) in [6, 6.07) is 11.2. The number of rotatable bonds is 2. The van der Waals surface area contributed by atoms with Gasteiger partial charge in [-0.2, -0.15) is 0 Å². The molecule has 0 amide bonds. The zero-order valence-electron chi connectivity index (χ0n) is 11.7. The van der Waals surface area contributed by atoms with E-state index < -0.39 is 0 Å². The molecule has 0 saturated heterocycles. The van der Waals surface area contributed by atoms with Crippen LogP contribution in [-0.2, 0) is 0 Å². The van der Waals surface area contributed by atoms with E-state index in [1.807, 2.05) is 31.2 Å². The number of ether oxygens (including phenoxy) is 1. The van der Waals surface area contributed by atoms with Gasteiger partial charge < -0.3 is 10.5 Å². The number of benzene rings is 2. The third-order valence-corrected chi connectivity index (χ3v) is 3.60. The second-order valence-corrected chi connectivity index (χ2v) is 5.18. The standard InChI is InChI=1S/C16H14ClN3O/c1-9-4-3-5-12-14(9)15(18)20-16(19-12)11-7-6-10(17)8-13(11)21-2/h3-8H,1-2H3,(H2,18,19,20). The zero-order valence-corrected chi connectivity index (χ0v) is 12.5. The summed E-state index contributed by atoms with van der Waals surface area (Å²) in [6.45, 7) is 1.99. The predicted molar refractivity (Wildman–Crippen MR) is 85.7 cm³/mol. The van der Waals surface area contributed by atoms with Crippen molar-refractivity contribution in [2.24, 2.45) is 0 Å². The number of hydrogen-bond donors (Lipinski definition) is 1. The van der Waals surface area contributed by atoms with Crippen molar-refractivity contribution in [2.75, 3.05) is 12.8 Å². The maximum atomic E-state index is 6.10. The minimum absolute atomic E-state index is 0.463. The lowest BCUT2D eigenvalue weighted by Crippen LogP contribution is -2.00. The Morgan fingerprint density at radius 3 is 2.71 bits per heavy atom. The summed E-state index contributed by atoms with van der Waals surface area (Å²) in [7, 11) is 1.59. The number of halogens is 1. The Hall–Kier alpha value is -2.33. The molecule has 0 aliphatic rings. The number of nitrogens with zero attached hydrogens (tertiary/aromatic N) is 2. The lowest BCUT2D eigenvalue weighted by atomic mass is 10.1. The first-order chi connectivity index (χ1) is 10.1. The highest BCUT2D eigenvalue weighted by atomic mass is 35.5. The smallest absolute Gasteiger partial charge is 0.165 e. The Morgan fingerprint density at radius 2 is 1.95 bits per heavy atom. The molecule has 0 aliphatic carbocycles. The van der Waals surface area contributed by atoms with Crippen LogP contribution in [0, 0.1) is 6.92 Å². The van der Waals surface area contributed by atoms with E-state index in [2.05, 4.69) is 9.97 Å². The molecule has 1 heterocycles. The van der Waals surface area contributed by atoms with E-state index in [0.717, 1.165) is 22.0 Å². The third-order valence-electron chi connectivity index (χ3n) is 3.36. The molecular weight excluding hydrogens is 286 g/mol. The van der Waals surface area contributed by atoms with Crippen LogP contribution in [0.25, 0.3) is 22.3 Å². The summed E-state index contributed by atoms with van der Waals surface area (Å²) < 4.78 is 5.35. The highest BCUT2D eigenvalue weighted by Gasteiger charge is 2.13. The molecule has 4 nitrogen and oxygen atoms in total. The van der Waals surface area contributed by atoms with Crippen LogP contribution in [0.4, 0.5) is 5.82 Å². The molecule has 0 spiro atoms. The van der Waals surface area contributed by atoms with Crippen molar-refractivity contribution in [2.45, 2.75) is 6.92 Å². The van der Waals surface area contributed by atoms with Crippen molar-refractivity contribution in [3.05, 3.63) is 47.0 Å². The second-order valence-electron chi connectivity index (χ2n) is 4.75. The van der Waals surface area contributed by atoms with E-state index in [1.165, 1.54) is 0 Å². The Kier molecular flexibility index (Phi) is 3.39. The van der Waals surface area contributed by atoms with Crippen molar-refractivity contribution >= 4 is 28.3 Å². The molecule has 3 rings (SSSR count). The van der Waals surface area contributed by atoms with Gasteiger partial charge in [0.05, 0.1) is 18.2 Å². The lowest BCUT2D eigenvalue weighted by Gasteiger charge is -2.10. The van der Waals surface area contributed by atoms with Crippen LogP contribution < -0.4 is 10.5 Å². The summed E-state index contributed by atoms with van der Waals surface area (Å²) in [6.07, 6.45) is 0. The molecule has 0 radical (unpaired) electrons. The maximum Gasteiger partial charge on any atom is 0.165 e. The number of nitrogens with two attached hydrogens (primary N) is 1. The van der Waals surface area contributed by atoms with Crippen LogP contribution in [0.15, 0.2) is 36.4 Å². The molecule has 106 valence electrons. The SMILES string of the molecule is COc1cc(Cl)ccc1-c1nc(N)c2c(C)cccc2n1. The van der Waals surface area contributed by atoms with Gasteiger partial charge in [-0.3, -0.25) is 0 Å². The molecule has 2 N–H and O–H groups in total. The topological polar surface area (TPSA) is 61.0 Å². The number of anilines is 1. The molecule has 5 heteroatoms. The summed E-state index contributed by atoms with van der Waals surface area (Å²) >= 11 is 5.98. The number of aryl methyl sites for hydroxylation is 1. The Labute approximate surface area is 127 Å².